The van der Waals surface area contributed by atoms with Crippen LogP contribution >= 0.6 is 11.8 Å². The SMILES string of the molecule is Cc1ccc(SCC(=O)N2C[C@@H](C(F)(F)F)[C@H](C(=O)O)C2)c(C)c1. The number of aliphatic carboxylic acids is 1. The molecule has 2 atom stereocenters. The van der Waals surface area contributed by atoms with Crippen molar-refractivity contribution < 1.29 is 27.9 Å². The van der Waals surface area contributed by atoms with Crippen molar-refractivity contribution in [1.29, 1.82) is 0 Å². The lowest BCUT2D eigenvalue weighted by atomic mass is 9.96. The molecule has 0 unspecified atom stereocenters. The van der Waals surface area contributed by atoms with Crippen LogP contribution in [0, 0.1) is 25.7 Å². The summed E-state index contributed by atoms with van der Waals surface area (Å²) in [6, 6.07) is 5.73. The topological polar surface area (TPSA) is 57.6 Å². The number of alkyl halides is 3. The Kier molecular flexibility index (Phi) is 5.47. The molecule has 1 fully saturated rings. The highest BCUT2D eigenvalue weighted by Gasteiger charge is 2.53. The largest absolute Gasteiger partial charge is 0.481 e. The van der Waals surface area contributed by atoms with Gasteiger partial charge in [-0.05, 0) is 25.5 Å². The van der Waals surface area contributed by atoms with Crippen LogP contribution in [0.1, 0.15) is 11.1 Å². The lowest BCUT2D eigenvalue weighted by molar-refractivity contribution is -0.188. The number of carbonyl (C=O) groups is 2. The van der Waals surface area contributed by atoms with Gasteiger partial charge in [-0.2, -0.15) is 13.2 Å². The van der Waals surface area contributed by atoms with E-state index in [4.69, 9.17) is 5.11 Å². The minimum absolute atomic E-state index is 0.0131. The Morgan fingerprint density at radius 2 is 1.96 bits per heavy atom. The van der Waals surface area contributed by atoms with Crippen LogP contribution in [-0.2, 0) is 9.59 Å². The number of hydrogen-bond acceptors (Lipinski definition) is 3. The van der Waals surface area contributed by atoms with E-state index in [1.807, 2.05) is 32.0 Å². The van der Waals surface area contributed by atoms with Crippen LogP contribution in [0.4, 0.5) is 13.2 Å². The third kappa shape index (κ3) is 4.23. The van der Waals surface area contributed by atoms with Gasteiger partial charge in [-0.25, -0.2) is 0 Å². The van der Waals surface area contributed by atoms with Crippen LogP contribution < -0.4 is 0 Å². The van der Waals surface area contributed by atoms with E-state index in [-0.39, 0.29) is 5.75 Å². The highest BCUT2D eigenvalue weighted by molar-refractivity contribution is 8.00. The average molecular weight is 361 g/mol. The molecule has 1 aliphatic rings. The Labute approximate surface area is 142 Å². The van der Waals surface area contributed by atoms with Crippen LogP contribution in [0.3, 0.4) is 0 Å². The van der Waals surface area contributed by atoms with Crippen LogP contribution in [0.2, 0.25) is 0 Å². The molecule has 0 radical (unpaired) electrons. The average Bonchev–Trinajstić information content (AvgIpc) is 2.91. The standard InChI is InChI=1S/C16H18F3NO3S/c1-9-3-4-13(10(2)5-9)24-8-14(21)20-6-11(15(22)23)12(7-20)16(17,18)19/h3-5,11-12H,6-8H2,1-2H3,(H,22,23)/t11-,12-/m1/s1. The van der Waals surface area contributed by atoms with E-state index in [9.17, 15) is 22.8 Å². The van der Waals surface area contributed by atoms with E-state index in [1.165, 1.54) is 11.8 Å². The molecule has 1 aliphatic heterocycles. The van der Waals surface area contributed by atoms with Crippen molar-refractivity contribution in [2.45, 2.75) is 24.9 Å². The minimum Gasteiger partial charge on any atom is -0.481 e. The van der Waals surface area contributed by atoms with Gasteiger partial charge in [0, 0.05) is 18.0 Å². The second-order valence-corrected chi connectivity index (χ2v) is 6.97. The maximum Gasteiger partial charge on any atom is 0.394 e. The number of carbonyl (C=O) groups excluding carboxylic acids is 1. The zero-order valence-corrected chi connectivity index (χ0v) is 14.1. The van der Waals surface area contributed by atoms with Gasteiger partial charge in [0.25, 0.3) is 0 Å². The molecule has 1 heterocycles. The van der Waals surface area contributed by atoms with Crippen molar-refractivity contribution in [2.24, 2.45) is 11.8 Å². The molecule has 4 nitrogen and oxygen atoms in total. The van der Waals surface area contributed by atoms with E-state index in [1.54, 1.807) is 0 Å². The predicted molar refractivity (Wildman–Crippen MR) is 83.9 cm³/mol. The van der Waals surface area contributed by atoms with E-state index in [2.05, 4.69) is 0 Å². The summed E-state index contributed by atoms with van der Waals surface area (Å²) in [7, 11) is 0. The zero-order valence-electron chi connectivity index (χ0n) is 13.3. The van der Waals surface area contributed by atoms with E-state index in [0.717, 1.165) is 20.9 Å². The van der Waals surface area contributed by atoms with Crippen LogP contribution in [-0.4, -0.2) is 46.9 Å². The summed E-state index contributed by atoms with van der Waals surface area (Å²) in [5, 5.41) is 8.97. The van der Waals surface area contributed by atoms with Crippen molar-refractivity contribution in [3.05, 3.63) is 29.3 Å². The normalized spacial score (nSPS) is 21.1. The van der Waals surface area contributed by atoms with Crippen molar-refractivity contribution >= 4 is 23.6 Å². The highest BCUT2D eigenvalue weighted by Crippen LogP contribution is 2.38. The van der Waals surface area contributed by atoms with E-state index in [0.29, 0.717) is 0 Å². The summed E-state index contributed by atoms with van der Waals surface area (Å²) in [6.07, 6.45) is -4.63. The number of benzene rings is 1. The molecule has 8 heteroatoms. The molecule has 1 saturated heterocycles. The molecular weight excluding hydrogens is 343 g/mol. The summed E-state index contributed by atoms with van der Waals surface area (Å²) < 4.78 is 38.8. The second kappa shape index (κ2) is 7.04. The lowest BCUT2D eigenvalue weighted by Crippen LogP contribution is -2.34. The molecular formula is C16H18F3NO3S. The van der Waals surface area contributed by atoms with Gasteiger partial charge in [0.05, 0.1) is 17.6 Å². The zero-order chi connectivity index (χ0) is 18.1. The molecule has 132 valence electrons. The van der Waals surface area contributed by atoms with Gasteiger partial charge < -0.3 is 10.0 Å². The van der Waals surface area contributed by atoms with Gasteiger partial charge in [0.15, 0.2) is 0 Å². The monoisotopic (exact) mass is 361 g/mol. The van der Waals surface area contributed by atoms with Crippen molar-refractivity contribution in [2.75, 3.05) is 18.8 Å². The van der Waals surface area contributed by atoms with Gasteiger partial charge in [0.2, 0.25) is 5.91 Å². The van der Waals surface area contributed by atoms with Crippen molar-refractivity contribution in [3.63, 3.8) is 0 Å². The van der Waals surface area contributed by atoms with Crippen molar-refractivity contribution in [3.8, 4) is 0 Å². The Morgan fingerprint density at radius 1 is 1.29 bits per heavy atom. The first-order chi connectivity index (χ1) is 11.1. The number of carboxylic acids is 1. The second-order valence-electron chi connectivity index (χ2n) is 5.95. The summed E-state index contributed by atoms with van der Waals surface area (Å²) in [4.78, 5) is 25.1. The van der Waals surface area contributed by atoms with E-state index < -0.39 is 43.0 Å². The van der Waals surface area contributed by atoms with Crippen molar-refractivity contribution in [1.82, 2.24) is 4.90 Å². The summed E-state index contributed by atoms with van der Waals surface area (Å²) in [6.45, 7) is 2.86. The van der Waals surface area contributed by atoms with Gasteiger partial charge in [-0.3, -0.25) is 9.59 Å². The molecule has 0 spiro atoms. The minimum atomic E-state index is -4.63. The van der Waals surface area contributed by atoms with E-state index >= 15 is 0 Å². The number of hydrogen-bond donors (Lipinski definition) is 1. The van der Waals surface area contributed by atoms with Gasteiger partial charge >= 0.3 is 12.1 Å². The number of aryl methyl sites for hydroxylation is 2. The summed E-state index contributed by atoms with van der Waals surface area (Å²) >= 11 is 1.25. The predicted octanol–water partition coefficient (Wildman–Crippen LogP) is 3.12. The quantitative estimate of drug-likeness (QED) is 0.838. The molecule has 2 rings (SSSR count). The highest BCUT2D eigenvalue weighted by atomic mass is 32.2. The Hall–Kier alpha value is -1.70. The molecule has 0 aromatic heterocycles. The van der Waals surface area contributed by atoms with Crippen LogP contribution in [0.5, 0.6) is 0 Å². The first-order valence-corrected chi connectivity index (χ1v) is 8.35. The molecule has 1 aromatic rings. The number of rotatable bonds is 4. The number of nitrogens with zero attached hydrogens (tertiary/aromatic N) is 1. The lowest BCUT2D eigenvalue weighted by Gasteiger charge is -2.18. The molecule has 1 aromatic carbocycles. The molecule has 1 amide bonds. The molecule has 24 heavy (non-hydrogen) atoms. The summed E-state index contributed by atoms with van der Waals surface area (Å²) in [5.41, 5.74) is 2.07. The molecule has 1 N–H and O–H groups in total. The number of thioether (sulfide) groups is 1. The van der Waals surface area contributed by atoms with Gasteiger partial charge in [-0.1, -0.05) is 17.7 Å². The van der Waals surface area contributed by atoms with Crippen LogP contribution in [0.25, 0.3) is 0 Å². The number of carboxylic acid groups (broad SMARTS) is 1. The maximum absolute atomic E-state index is 12.9. The van der Waals surface area contributed by atoms with Gasteiger partial charge in [-0.15, -0.1) is 11.8 Å². The molecule has 0 saturated carbocycles. The smallest absolute Gasteiger partial charge is 0.394 e. The third-order valence-corrected chi connectivity index (χ3v) is 5.25. The number of likely N-dealkylation sites (tertiary alicyclic amines) is 1. The first-order valence-electron chi connectivity index (χ1n) is 7.37. The summed E-state index contributed by atoms with van der Waals surface area (Å²) in [5.74, 6) is -5.61. The Balaban J connectivity index is 2.01. The number of amides is 1. The fraction of sp³-hybridized carbons (Fsp3) is 0.500. The third-order valence-electron chi connectivity index (χ3n) is 4.09. The Morgan fingerprint density at radius 3 is 2.46 bits per heavy atom. The van der Waals surface area contributed by atoms with Gasteiger partial charge in [0.1, 0.15) is 0 Å². The fourth-order valence-electron chi connectivity index (χ4n) is 2.78. The Bertz CT molecular complexity index is 648. The molecule has 0 aliphatic carbocycles. The molecule has 0 bridgehead atoms. The van der Waals surface area contributed by atoms with Crippen LogP contribution in [0.15, 0.2) is 23.1 Å². The first kappa shape index (κ1) is 18.6. The maximum atomic E-state index is 12.9. The number of halogens is 3. The fourth-order valence-corrected chi connectivity index (χ4v) is 3.69.